The van der Waals surface area contributed by atoms with Crippen LogP contribution in [0.3, 0.4) is 0 Å². The number of rotatable bonds is 5. The molecule has 2 unspecified atom stereocenters. The van der Waals surface area contributed by atoms with Gasteiger partial charge >= 0.3 is 12.1 Å². The van der Waals surface area contributed by atoms with Crippen molar-refractivity contribution in [3.63, 3.8) is 0 Å². The van der Waals surface area contributed by atoms with Gasteiger partial charge in [-0.15, -0.1) is 0 Å². The van der Waals surface area contributed by atoms with Crippen molar-refractivity contribution >= 4 is 45.9 Å². The maximum absolute atomic E-state index is 14.1. The number of nitrogen functional groups attached to an aromatic ring is 1. The molecule has 10 nitrogen and oxygen atoms in total. The Morgan fingerprint density at radius 1 is 1.10 bits per heavy atom. The van der Waals surface area contributed by atoms with E-state index in [2.05, 4.69) is 20.9 Å². The van der Waals surface area contributed by atoms with Gasteiger partial charge in [-0.2, -0.15) is 0 Å². The maximum atomic E-state index is 14.1. The van der Waals surface area contributed by atoms with E-state index in [0.29, 0.717) is 29.2 Å². The van der Waals surface area contributed by atoms with Crippen LogP contribution in [0, 0.1) is 6.92 Å². The fourth-order valence-corrected chi connectivity index (χ4v) is 5.07. The predicted octanol–water partition coefficient (Wildman–Crippen LogP) is 5.19. The fourth-order valence-electron chi connectivity index (χ4n) is 5.07. The van der Waals surface area contributed by atoms with Crippen molar-refractivity contribution in [3.8, 4) is 0 Å². The highest BCUT2D eigenvalue weighted by molar-refractivity contribution is 5.94. The number of benzene rings is 3. The van der Waals surface area contributed by atoms with Crippen LogP contribution >= 0.6 is 0 Å². The lowest BCUT2D eigenvalue weighted by Crippen LogP contribution is -2.37. The smallest absolute Gasteiger partial charge is 0.411 e. The lowest BCUT2D eigenvalue weighted by Gasteiger charge is -2.25. The summed E-state index contributed by atoms with van der Waals surface area (Å²) in [7, 11) is 0. The van der Waals surface area contributed by atoms with E-state index in [0.717, 1.165) is 27.5 Å². The topological polar surface area (TPSA) is 145 Å². The summed E-state index contributed by atoms with van der Waals surface area (Å²) in [5.74, 6) is -0.368. The number of anilines is 3. The van der Waals surface area contributed by atoms with E-state index in [4.69, 9.17) is 15.2 Å². The number of pyridine rings is 1. The molecule has 4 aromatic rings. The molecule has 216 valence electrons. The van der Waals surface area contributed by atoms with Gasteiger partial charge in [0.05, 0.1) is 25.7 Å². The number of nitrogens with zero attached hydrogens (tertiary/aromatic N) is 1. The average molecular weight is 568 g/mol. The molecule has 42 heavy (non-hydrogen) atoms. The van der Waals surface area contributed by atoms with Gasteiger partial charge < -0.3 is 25.8 Å². The van der Waals surface area contributed by atoms with E-state index < -0.39 is 24.1 Å². The summed E-state index contributed by atoms with van der Waals surface area (Å²) in [6.45, 7) is 4.08. The zero-order valence-corrected chi connectivity index (χ0v) is 23.5. The van der Waals surface area contributed by atoms with Crippen molar-refractivity contribution in [2.45, 2.75) is 38.8 Å². The first kappa shape index (κ1) is 28.4. The van der Waals surface area contributed by atoms with E-state index in [-0.39, 0.29) is 25.5 Å². The molecule has 0 radical (unpaired) electrons. The zero-order chi connectivity index (χ0) is 29.6. The molecule has 10 heteroatoms. The van der Waals surface area contributed by atoms with E-state index in [1.165, 1.54) is 0 Å². The summed E-state index contributed by atoms with van der Waals surface area (Å²) in [5, 5.41) is 10.9. The van der Waals surface area contributed by atoms with E-state index in [9.17, 15) is 14.4 Å². The van der Waals surface area contributed by atoms with Crippen molar-refractivity contribution in [1.29, 1.82) is 0 Å². The van der Waals surface area contributed by atoms with E-state index in [1.807, 2.05) is 49.4 Å². The first-order chi connectivity index (χ1) is 20.3. The van der Waals surface area contributed by atoms with Crippen molar-refractivity contribution in [2.24, 2.45) is 0 Å². The minimum Gasteiger partial charge on any atom is -0.466 e. The van der Waals surface area contributed by atoms with Crippen molar-refractivity contribution in [2.75, 3.05) is 29.6 Å². The molecular weight excluding hydrogens is 534 g/mol. The number of hydrogen-bond acceptors (Lipinski definition) is 8. The van der Waals surface area contributed by atoms with E-state index >= 15 is 0 Å². The van der Waals surface area contributed by atoms with Gasteiger partial charge in [0.15, 0.2) is 0 Å². The highest BCUT2D eigenvalue weighted by Gasteiger charge is 2.27. The van der Waals surface area contributed by atoms with Crippen molar-refractivity contribution in [1.82, 2.24) is 10.3 Å². The van der Waals surface area contributed by atoms with Crippen LogP contribution in [0.25, 0.3) is 10.8 Å². The van der Waals surface area contributed by atoms with Crippen LogP contribution in [-0.4, -0.2) is 36.2 Å². The van der Waals surface area contributed by atoms with Gasteiger partial charge in [-0.3, -0.25) is 14.9 Å². The largest absolute Gasteiger partial charge is 0.466 e. The van der Waals surface area contributed by atoms with Crippen molar-refractivity contribution in [3.05, 3.63) is 95.2 Å². The molecule has 0 aliphatic carbocycles. The number of fused-ring (bicyclic) bond motifs is 10. The lowest BCUT2D eigenvalue weighted by atomic mass is 9.96. The second-order valence-corrected chi connectivity index (χ2v) is 10.1. The van der Waals surface area contributed by atoms with Crippen LogP contribution in [0.1, 0.15) is 47.7 Å². The fraction of sp³-hybridized carbons (Fsp3) is 0.250. The minimum absolute atomic E-state index is 0.0968. The number of carbonyl (C=O) groups is 3. The Balaban J connectivity index is 1.55. The monoisotopic (exact) mass is 567 g/mol. The maximum Gasteiger partial charge on any atom is 0.411 e. The number of esters is 1. The molecule has 5 N–H and O–H groups in total. The molecule has 2 aliphatic rings. The molecule has 6 rings (SSSR count). The summed E-state index contributed by atoms with van der Waals surface area (Å²) < 4.78 is 10.6. The second kappa shape index (κ2) is 12.6. The van der Waals surface area contributed by atoms with Crippen LogP contribution in [0.2, 0.25) is 0 Å². The lowest BCUT2D eigenvalue weighted by molar-refractivity contribution is -0.143. The number of carbonyl (C=O) groups excluding carboxylic acids is 3. The molecular formula is C32H33N5O5. The number of ether oxygens (including phenoxy) is 2. The van der Waals surface area contributed by atoms with Gasteiger partial charge in [0.2, 0.25) is 5.91 Å². The molecule has 3 heterocycles. The zero-order valence-electron chi connectivity index (χ0n) is 23.5. The van der Waals surface area contributed by atoms with Crippen LogP contribution in [-0.2, 0) is 25.5 Å². The Bertz CT molecular complexity index is 1640. The molecule has 0 fully saturated rings. The van der Waals surface area contributed by atoms with E-state index in [1.54, 1.807) is 37.4 Å². The Labute approximate surface area is 243 Å². The third-order valence-corrected chi connectivity index (χ3v) is 7.20. The summed E-state index contributed by atoms with van der Waals surface area (Å²) in [4.78, 5) is 43.3. The Morgan fingerprint density at radius 3 is 2.76 bits per heavy atom. The van der Waals surface area contributed by atoms with Crippen LogP contribution in [0.4, 0.5) is 22.0 Å². The van der Waals surface area contributed by atoms with Crippen LogP contribution < -0.4 is 21.7 Å². The quantitative estimate of drug-likeness (QED) is 0.241. The van der Waals surface area contributed by atoms with Gasteiger partial charge in [0.1, 0.15) is 11.9 Å². The predicted molar refractivity (Wildman–Crippen MR) is 161 cm³/mol. The summed E-state index contributed by atoms with van der Waals surface area (Å²) >= 11 is 0. The van der Waals surface area contributed by atoms with Gasteiger partial charge in [-0.25, -0.2) is 9.78 Å². The molecule has 0 saturated carbocycles. The van der Waals surface area contributed by atoms with Crippen LogP contribution in [0.5, 0.6) is 0 Å². The number of nitrogens with one attached hydrogen (secondary N) is 3. The molecule has 0 saturated heterocycles. The Morgan fingerprint density at radius 2 is 1.95 bits per heavy atom. The van der Waals surface area contributed by atoms with Gasteiger partial charge in [-0.1, -0.05) is 30.3 Å². The molecule has 1 aromatic heterocycles. The molecule has 3 aromatic carbocycles. The highest BCUT2D eigenvalue weighted by atomic mass is 16.5. The number of hydrogen-bond donors (Lipinski definition) is 4. The third-order valence-electron chi connectivity index (χ3n) is 7.20. The summed E-state index contributed by atoms with van der Waals surface area (Å²) in [5.41, 5.74) is 10.5. The molecule has 2 aliphatic heterocycles. The number of amides is 2. The standard InChI is InChI=1S/C32H33N5O5/c1-3-41-28(38)18-27-22-5-4-6-24(17-22)36-32(40)42-14-12-20-7-8-23(15-19(20)2)29(31(39)37-27)35-25-9-10-26-21(16-25)11-13-34-30(26)33/h4-11,13,15-17,27,29,35H,3,12,14,18H2,1-2H3,(H2,33,34)(H,36,40)(H,37,39). The SMILES string of the molecule is CCOC(=O)CC1NC(=O)C(Nc2ccc3c(N)nccc3c2)c2ccc(c(C)c2)CCOC(=O)Nc2cccc1c2. The minimum atomic E-state index is -0.800. The number of aryl methyl sites for hydroxylation is 1. The average Bonchev–Trinajstić information content (AvgIpc) is 2.96. The summed E-state index contributed by atoms with van der Waals surface area (Å²) in [6, 6.07) is 18.7. The second-order valence-electron chi connectivity index (χ2n) is 10.1. The highest BCUT2D eigenvalue weighted by Crippen LogP contribution is 2.29. The van der Waals surface area contributed by atoms with Gasteiger partial charge in [0, 0.05) is 29.4 Å². The summed E-state index contributed by atoms with van der Waals surface area (Å²) in [6.07, 6.45) is 1.48. The normalized spacial score (nSPS) is 17.2. The third kappa shape index (κ3) is 6.60. The van der Waals surface area contributed by atoms with Crippen LogP contribution in [0.15, 0.2) is 72.9 Å². The van der Waals surface area contributed by atoms with Gasteiger partial charge in [0.25, 0.3) is 0 Å². The Hall–Kier alpha value is -5.12. The molecule has 0 spiro atoms. The first-order valence-corrected chi connectivity index (χ1v) is 13.8. The van der Waals surface area contributed by atoms with Crippen molar-refractivity contribution < 1.29 is 23.9 Å². The molecule has 2 atom stereocenters. The van der Waals surface area contributed by atoms with Gasteiger partial charge in [-0.05, 0) is 77.9 Å². The molecule has 2 amide bonds. The Kier molecular flexibility index (Phi) is 8.52. The number of nitrogens with two attached hydrogens (primary N) is 1. The number of aromatic nitrogens is 1. The first-order valence-electron chi connectivity index (χ1n) is 13.8. The molecule has 4 bridgehead atoms.